The van der Waals surface area contributed by atoms with Crippen molar-refractivity contribution < 1.29 is 13.9 Å². The van der Waals surface area contributed by atoms with E-state index in [0.717, 1.165) is 6.07 Å². The summed E-state index contributed by atoms with van der Waals surface area (Å²) in [5, 5.41) is 8.89. The average Bonchev–Trinajstić information content (AvgIpc) is 2.13. The number of nitrogens with two attached hydrogens (primary N) is 1. The van der Waals surface area contributed by atoms with Crippen LogP contribution in [0.1, 0.15) is 25.5 Å². The van der Waals surface area contributed by atoms with E-state index in [0.29, 0.717) is 0 Å². The van der Waals surface area contributed by atoms with Gasteiger partial charge in [0.1, 0.15) is 0 Å². The monoisotopic (exact) mass is 201 g/mol. The Labute approximate surface area is 81.4 Å². The number of halogens is 2. The predicted octanol–water partition coefficient (Wildman–Crippen LogP) is 2.33. The maximum absolute atomic E-state index is 13.3. The highest BCUT2D eigenvalue weighted by molar-refractivity contribution is 5.31. The molecule has 0 spiro atoms. The third-order valence-electron chi connectivity index (χ3n) is 2.17. The molecule has 4 heteroatoms. The summed E-state index contributed by atoms with van der Waals surface area (Å²) >= 11 is 0. The lowest BCUT2D eigenvalue weighted by atomic mass is 9.96. The summed E-state index contributed by atoms with van der Waals surface area (Å²) in [6.07, 6.45) is 0. The minimum absolute atomic E-state index is 0.00782. The molecule has 14 heavy (non-hydrogen) atoms. The Bertz CT molecular complexity index is 339. The summed E-state index contributed by atoms with van der Waals surface area (Å²) in [5.74, 6) is -2.99. The second kappa shape index (κ2) is 3.92. The van der Waals surface area contributed by atoms with Crippen LogP contribution in [-0.4, -0.2) is 5.11 Å². The van der Waals surface area contributed by atoms with E-state index >= 15 is 0 Å². The van der Waals surface area contributed by atoms with Gasteiger partial charge in [-0.05, 0) is 12.0 Å². The van der Waals surface area contributed by atoms with E-state index in [-0.39, 0.29) is 11.5 Å². The Balaban J connectivity index is 3.17. The molecule has 0 bridgehead atoms. The van der Waals surface area contributed by atoms with Crippen molar-refractivity contribution in [1.29, 1.82) is 0 Å². The lowest BCUT2D eigenvalue weighted by Crippen LogP contribution is -2.18. The van der Waals surface area contributed by atoms with Crippen molar-refractivity contribution in [2.45, 2.75) is 19.9 Å². The number of rotatable bonds is 2. The molecule has 0 aliphatic heterocycles. The Morgan fingerprint density at radius 1 is 1.21 bits per heavy atom. The van der Waals surface area contributed by atoms with Crippen LogP contribution < -0.4 is 5.73 Å². The van der Waals surface area contributed by atoms with Crippen LogP contribution in [-0.2, 0) is 0 Å². The molecule has 2 nitrogen and oxygen atoms in total. The Kier molecular flexibility index (Phi) is 3.06. The number of benzene rings is 1. The van der Waals surface area contributed by atoms with Gasteiger partial charge in [0, 0.05) is 11.6 Å². The molecule has 0 aromatic heterocycles. The van der Waals surface area contributed by atoms with Crippen LogP contribution >= 0.6 is 0 Å². The van der Waals surface area contributed by atoms with Crippen LogP contribution in [0.4, 0.5) is 8.78 Å². The van der Waals surface area contributed by atoms with E-state index in [9.17, 15) is 8.78 Å². The summed E-state index contributed by atoms with van der Waals surface area (Å²) in [5.41, 5.74) is 5.76. The van der Waals surface area contributed by atoms with Crippen molar-refractivity contribution in [2.75, 3.05) is 0 Å². The molecule has 78 valence electrons. The smallest absolute Gasteiger partial charge is 0.200 e. The Morgan fingerprint density at radius 2 is 1.79 bits per heavy atom. The standard InChI is InChI=1S/C10H13F2NO/c1-5(2)10(13)6-3-4-7(14)9(12)8(6)11/h3-5,10,14H,13H2,1-2H3/t10-/m1/s1. The molecule has 0 fully saturated rings. The van der Waals surface area contributed by atoms with Gasteiger partial charge in [-0.15, -0.1) is 0 Å². The van der Waals surface area contributed by atoms with Gasteiger partial charge in [-0.2, -0.15) is 4.39 Å². The van der Waals surface area contributed by atoms with Gasteiger partial charge >= 0.3 is 0 Å². The van der Waals surface area contributed by atoms with Crippen molar-refractivity contribution in [3.05, 3.63) is 29.3 Å². The number of hydrogen-bond donors (Lipinski definition) is 2. The van der Waals surface area contributed by atoms with Gasteiger partial charge in [0.25, 0.3) is 0 Å². The lowest BCUT2D eigenvalue weighted by Gasteiger charge is -2.17. The van der Waals surface area contributed by atoms with Gasteiger partial charge in [0.05, 0.1) is 0 Å². The first-order valence-electron chi connectivity index (χ1n) is 4.37. The zero-order valence-electron chi connectivity index (χ0n) is 8.09. The summed E-state index contributed by atoms with van der Waals surface area (Å²) in [6.45, 7) is 3.63. The van der Waals surface area contributed by atoms with E-state index in [1.807, 2.05) is 13.8 Å². The number of phenolic OH excluding ortho intramolecular Hbond substituents is 1. The molecule has 0 saturated heterocycles. The molecular weight excluding hydrogens is 188 g/mol. The first kappa shape index (κ1) is 10.9. The Morgan fingerprint density at radius 3 is 2.29 bits per heavy atom. The average molecular weight is 201 g/mol. The van der Waals surface area contributed by atoms with Gasteiger partial charge in [0.15, 0.2) is 11.6 Å². The van der Waals surface area contributed by atoms with Gasteiger partial charge in [-0.3, -0.25) is 0 Å². The number of hydrogen-bond acceptors (Lipinski definition) is 2. The van der Waals surface area contributed by atoms with Crippen LogP contribution in [0.5, 0.6) is 5.75 Å². The highest BCUT2D eigenvalue weighted by Gasteiger charge is 2.19. The van der Waals surface area contributed by atoms with E-state index in [1.54, 1.807) is 0 Å². The largest absolute Gasteiger partial charge is 0.505 e. The van der Waals surface area contributed by atoms with Crippen LogP contribution in [0.3, 0.4) is 0 Å². The highest BCUT2D eigenvalue weighted by atomic mass is 19.2. The zero-order chi connectivity index (χ0) is 10.9. The fourth-order valence-electron chi connectivity index (χ4n) is 1.17. The zero-order valence-corrected chi connectivity index (χ0v) is 8.09. The molecule has 1 atom stereocenters. The van der Waals surface area contributed by atoms with Gasteiger partial charge in [-0.25, -0.2) is 4.39 Å². The maximum Gasteiger partial charge on any atom is 0.200 e. The van der Waals surface area contributed by atoms with Crippen LogP contribution in [0.25, 0.3) is 0 Å². The molecular formula is C10H13F2NO. The van der Waals surface area contributed by atoms with Crippen molar-refractivity contribution in [3.8, 4) is 5.75 Å². The molecule has 0 unspecified atom stereocenters. The fraction of sp³-hybridized carbons (Fsp3) is 0.400. The predicted molar refractivity (Wildman–Crippen MR) is 49.8 cm³/mol. The molecule has 0 amide bonds. The first-order valence-corrected chi connectivity index (χ1v) is 4.37. The van der Waals surface area contributed by atoms with E-state index in [2.05, 4.69) is 0 Å². The second-order valence-corrected chi connectivity index (χ2v) is 3.57. The molecule has 0 aliphatic rings. The number of phenols is 1. The minimum Gasteiger partial charge on any atom is -0.505 e. The quantitative estimate of drug-likeness (QED) is 0.771. The van der Waals surface area contributed by atoms with Gasteiger partial charge in [0.2, 0.25) is 5.82 Å². The summed E-state index contributed by atoms with van der Waals surface area (Å²) in [7, 11) is 0. The molecule has 1 aromatic carbocycles. The maximum atomic E-state index is 13.3. The molecule has 1 rings (SSSR count). The summed E-state index contributed by atoms with van der Waals surface area (Å²) in [4.78, 5) is 0. The lowest BCUT2D eigenvalue weighted by molar-refractivity contribution is 0.395. The molecule has 0 heterocycles. The van der Waals surface area contributed by atoms with Crippen molar-refractivity contribution in [3.63, 3.8) is 0 Å². The van der Waals surface area contributed by atoms with E-state index < -0.39 is 23.4 Å². The Hall–Kier alpha value is -1.16. The second-order valence-electron chi connectivity index (χ2n) is 3.57. The third kappa shape index (κ3) is 1.85. The summed E-state index contributed by atoms with van der Waals surface area (Å²) in [6, 6.07) is 1.85. The normalized spacial score (nSPS) is 13.3. The molecule has 3 N–H and O–H groups in total. The SMILES string of the molecule is CC(C)[C@@H](N)c1ccc(O)c(F)c1F. The number of aromatic hydroxyl groups is 1. The first-order chi connectivity index (χ1) is 6.45. The fourth-order valence-corrected chi connectivity index (χ4v) is 1.17. The van der Waals surface area contributed by atoms with Crippen LogP contribution in [0, 0.1) is 17.6 Å². The molecule has 0 saturated carbocycles. The minimum atomic E-state index is -1.24. The molecule has 0 aliphatic carbocycles. The molecule has 0 radical (unpaired) electrons. The van der Waals surface area contributed by atoms with Gasteiger partial charge in [-0.1, -0.05) is 19.9 Å². The summed E-state index contributed by atoms with van der Waals surface area (Å²) < 4.78 is 26.2. The van der Waals surface area contributed by atoms with Gasteiger partial charge < -0.3 is 10.8 Å². The van der Waals surface area contributed by atoms with E-state index in [4.69, 9.17) is 10.8 Å². The van der Waals surface area contributed by atoms with Crippen LogP contribution in [0.2, 0.25) is 0 Å². The highest BCUT2D eigenvalue weighted by Crippen LogP contribution is 2.27. The third-order valence-corrected chi connectivity index (χ3v) is 2.17. The van der Waals surface area contributed by atoms with Crippen molar-refractivity contribution in [2.24, 2.45) is 11.7 Å². The van der Waals surface area contributed by atoms with E-state index in [1.165, 1.54) is 6.07 Å². The van der Waals surface area contributed by atoms with Crippen molar-refractivity contribution >= 4 is 0 Å². The topological polar surface area (TPSA) is 46.2 Å². The molecule has 1 aromatic rings. The van der Waals surface area contributed by atoms with Crippen molar-refractivity contribution in [1.82, 2.24) is 0 Å². The van der Waals surface area contributed by atoms with Crippen LogP contribution in [0.15, 0.2) is 12.1 Å².